The highest BCUT2D eigenvalue weighted by Crippen LogP contribution is 2.31. The molecule has 0 aromatic heterocycles. The van der Waals surface area contributed by atoms with Gasteiger partial charge in [-0.1, -0.05) is 31.7 Å². The second kappa shape index (κ2) is 7.02. The molecule has 2 amide bonds. The molecule has 0 spiro atoms. The minimum Gasteiger partial charge on any atom is -0.478 e. The van der Waals surface area contributed by atoms with Crippen molar-refractivity contribution in [3.05, 3.63) is 23.8 Å². The van der Waals surface area contributed by atoms with Gasteiger partial charge in [0.05, 0.1) is 12.1 Å². The van der Waals surface area contributed by atoms with Crippen molar-refractivity contribution < 1.29 is 14.3 Å². The summed E-state index contributed by atoms with van der Waals surface area (Å²) in [5, 5.41) is 5.89. The molecule has 0 saturated heterocycles. The molecule has 1 aliphatic carbocycles. The molecule has 5 nitrogen and oxygen atoms in total. The second-order valence-electron chi connectivity index (χ2n) is 6.56. The summed E-state index contributed by atoms with van der Waals surface area (Å²) in [7, 11) is 0. The van der Waals surface area contributed by atoms with E-state index in [1.54, 1.807) is 0 Å². The summed E-state index contributed by atoms with van der Waals surface area (Å²) in [5.74, 6) is 0.272. The Morgan fingerprint density at radius 3 is 2.74 bits per heavy atom. The SMILES string of the molecule is Cc1ccc2c(c1)NC(=O)[C@H](CC(=O)NC1CCCCCC1)O2. The number of carbonyl (C=O) groups is 2. The summed E-state index contributed by atoms with van der Waals surface area (Å²) >= 11 is 0. The zero-order chi connectivity index (χ0) is 16.2. The summed E-state index contributed by atoms with van der Waals surface area (Å²) in [6.45, 7) is 1.96. The smallest absolute Gasteiger partial charge is 0.266 e. The maximum Gasteiger partial charge on any atom is 0.266 e. The van der Waals surface area contributed by atoms with E-state index in [9.17, 15) is 9.59 Å². The van der Waals surface area contributed by atoms with Crippen molar-refractivity contribution in [2.24, 2.45) is 0 Å². The number of benzene rings is 1. The lowest BCUT2D eigenvalue weighted by Gasteiger charge is -2.26. The van der Waals surface area contributed by atoms with Crippen LogP contribution in [0.25, 0.3) is 0 Å². The molecule has 0 bridgehead atoms. The first-order valence-electron chi connectivity index (χ1n) is 8.49. The van der Waals surface area contributed by atoms with Gasteiger partial charge < -0.3 is 15.4 Å². The maximum atomic E-state index is 12.2. The lowest BCUT2D eigenvalue weighted by atomic mass is 10.1. The molecule has 1 heterocycles. The van der Waals surface area contributed by atoms with Crippen molar-refractivity contribution in [2.45, 2.75) is 64.0 Å². The first-order valence-corrected chi connectivity index (χ1v) is 8.49. The van der Waals surface area contributed by atoms with Gasteiger partial charge in [0.25, 0.3) is 5.91 Å². The van der Waals surface area contributed by atoms with Crippen molar-refractivity contribution in [2.75, 3.05) is 5.32 Å². The number of anilines is 1. The predicted molar refractivity (Wildman–Crippen MR) is 88.5 cm³/mol. The average molecular weight is 316 g/mol. The topological polar surface area (TPSA) is 67.4 Å². The van der Waals surface area contributed by atoms with Crippen LogP contribution in [0.5, 0.6) is 5.75 Å². The first kappa shape index (κ1) is 15.8. The van der Waals surface area contributed by atoms with Crippen molar-refractivity contribution >= 4 is 17.5 Å². The Bertz CT molecular complexity index is 592. The number of nitrogens with one attached hydrogen (secondary N) is 2. The predicted octanol–water partition coefficient (Wildman–Crippen LogP) is 2.92. The van der Waals surface area contributed by atoms with Gasteiger partial charge in [0.1, 0.15) is 5.75 Å². The van der Waals surface area contributed by atoms with Gasteiger partial charge >= 0.3 is 0 Å². The molecule has 1 saturated carbocycles. The van der Waals surface area contributed by atoms with Crippen molar-refractivity contribution in [1.82, 2.24) is 5.32 Å². The van der Waals surface area contributed by atoms with Gasteiger partial charge in [-0.15, -0.1) is 0 Å². The third-order valence-corrected chi connectivity index (χ3v) is 4.55. The Balaban J connectivity index is 1.58. The molecule has 1 aromatic carbocycles. The van der Waals surface area contributed by atoms with E-state index in [-0.39, 0.29) is 24.3 Å². The number of ether oxygens (including phenoxy) is 1. The standard InChI is InChI=1S/C18H24N2O3/c1-12-8-9-15-14(10-12)20-18(22)16(23-15)11-17(21)19-13-6-4-2-3-5-7-13/h8-10,13,16H,2-7,11H2,1H3,(H,19,21)(H,20,22)/t16-/m0/s1. The van der Waals surface area contributed by atoms with Crippen LogP contribution in [0.2, 0.25) is 0 Å². The highest BCUT2D eigenvalue weighted by molar-refractivity contribution is 6.00. The lowest BCUT2D eigenvalue weighted by Crippen LogP contribution is -2.43. The molecular formula is C18H24N2O3. The Morgan fingerprint density at radius 1 is 1.26 bits per heavy atom. The summed E-state index contributed by atoms with van der Waals surface area (Å²) in [6.07, 6.45) is 6.20. The second-order valence-corrected chi connectivity index (χ2v) is 6.56. The molecule has 23 heavy (non-hydrogen) atoms. The van der Waals surface area contributed by atoms with Gasteiger partial charge in [-0.3, -0.25) is 9.59 Å². The molecule has 5 heteroatoms. The Kier molecular flexibility index (Phi) is 4.84. The van der Waals surface area contributed by atoms with Gasteiger partial charge in [0.2, 0.25) is 5.91 Å². The van der Waals surface area contributed by atoms with E-state index in [0.717, 1.165) is 31.2 Å². The third kappa shape index (κ3) is 4.03. The Hall–Kier alpha value is -2.04. The van der Waals surface area contributed by atoms with Crippen LogP contribution in [0.4, 0.5) is 5.69 Å². The zero-order valence-electron chi connectivity index (χ0n) is 13.6. The quantitative estimate of drug-likeness (QED) is 0.843. The summed E-state index contributed by atoms with van der Waals surface area (Å²) in [6, 6.07) is 5.88. The third-order valence-electron chi connectivity index (χ3n) is 4.55. The molecule has 3 rings (SSSR count). The van der Waals surface area contributed by atoms with Crippen LogP contribution >= 0.6 is 0 Å². The van der Waals surface area contributed by atoms with Gasteiger partial charge in [-0.25, -0.2) is 0 Å². The van der Waals surface area contributed by atoms with E-state index in [0.29, 0.717) is 11.4 Å². The van der Waals surface area contributed by atoms with Crippen molar-refractivity contribution in [3.63, 3.8) is 0 Å². The van der Waals surface area contributed by atoms with Crippen LogP contribution < -0.4 is 15.4 Å². The molecule has 124 valence electrons. The Labute approximate surface area is 136 Å². The van der Waals surface area contributed by atoms with E-state index in [2.05, 4.69) is 10.6 Å². The monoisotopic (exact) mass is 316 g/mol. The van der Waals surface area contributed by atoms with Gasteiger partial charge in [-0.2, -0.15) is 0 Å². The number of hydrogen-bond donors (Lipinski definition) is 2. The van der Waals surface area contributed by atoms with E-state index < -0.39 is 6.10 Å². The maximum absolute atomic E-state index is 12.2. The Morgan fingerprint density at radius 2 is 2.00 bits per heavy atom. The highest BCUT2D eigenvalue weighted by Gasteiger charge is 2.30. The minimum absolute atomic E-state index is 0.0651. The molecule has 2 aliphatic rings. The lowest BCUT2D eigenvalue weighted by molar-refractivity contribution is -0.130. The molecule has 1 aliphatic heterocycles. The molecule has 1 atom stereocenters. The first-order chi connectivity index (χ1) is 11.1. The fourth-order valence-corrected chi connectivity index (χ4v) is 3.28. The number of amides is 2. The molecule has 2 N–H and O–H groups in total. The van der Waals surface area contributed by atoms with Crippen LogP contribution in [0, 0.1) is 6.92 Å². The largest absolute Gasteiger partial charge is 0.478 e. The molecule has 0 unspecified atom stereocenters. The summed E-state index contributed by atoms with van der Waals surface area (Å²) < 4.78 is 5.71. The van der Waals surface area contributed by atoms with Crippen molar-refractivity contribution in [1.29, 1.82) is 0 Å². The number of fused-ring (bicyclic) bond motifs is 1. The van der Waals surface area contributed by atoms with E-state index >= 15 is 0 Å². The molecule has 0 radical (unpaired) electrons. The van der Waals surface area contributed by atoms with Crippen LogP contribution in [0.15, 0.2) is 18.2 Å². The van der Waals surface area contributed by atoms with E-state index in [4.69, 9.17) is 4.74 Å². The van der Waals surface area contributed by atoms with E-state index in [1.807, 2.05) is 25.1 Å². The van der Waals surface area contributed by atoms with Gasteiger partial charge in [-0.05, 0) is 37.5 Å². The van der Waals surface area contributed by atoms with Crippen LogP contribution in [-0.2, 0) is 9.59 Å². The number of rotatable bonds is 3. The average Bonchev–Trinajstić information content (AvgIpc) is 2.77. The summed E-state index contributed by atoms with van der Waals surface area (Å²) in [4.78, 5) is 24.4. The minimum atomic E-state index is -0.754. The zero-order valence-corrected chi connectivity index (χ0v) is 13.6. The normalized spacial score (nSPS) is 21.6. The summed E-state index contributed by atoms with van der Waals surface area (Å²) in [5.41, 5.74) is 1.73. The molecule has 1 aromatic rings. The fourth-order valence-electron chi connectivity index (χ4n) is 3.28. The fraction of sp³-hybridized carbons (Fsp3) is 0.556. The number of hydrogen-bond acceptors (Lipinski definition) is 3. The van der Waals surface area contributed by atoms with E-state index in [1.165, 1.54) is 12.8 Å². The van der Waals surface area contributed by atoms with Crippen LogP contribution in [-0.4, -0.2) is 24.0 Å². The van der Waals surface area contributed by atoms with Crippen LogP contribution in [0.3, 0.4) is 0 Å². The molecular weight excluding hydrogens is 292 g/mol. The van der Waals surface area contributed by atoms with Gasteiger partial charge in [0, 0.05) is 6.04 Å². The van der Waals surface area contributed by atoms with Crippen LogP contribution in [0.1, 0.15) is 50.5 Å². The van der Waals surface area contributed by atoms with Gasteiger partial charge in [0.15, 0.2) is 6.10 Å². The number of aryl methyl sites for hydroxylation is 1. The molecule has 1 fully saturated rings. The van der Waals surface area contributed by atoms with Crippen molar-refractivity contribution in [3.8, 4) is 5.75 Å². The highest BCUT2D eigenvalue weighted by atomic mass is 16.5. The number of carbonyl (C=O) groups excluding carboxylic acids is 2.